The van der Waals surface area contributed by atoms with Crippen molar-refractivity contribution in [3.8, 4) is 5.75 Å². The third kappa shape index (κ3) is 5.60. The van der Waals surface area contributed by atoms with Crippen LogP contribution in [0, 0.1) is 10.1 Å². The third-order valence-electron chi connectivity index (χ3n) is 1.28. The number of rotatable bonds is 2. The molecule has 0 saturated heterocycles. The molecule has 0 saturated carbocycles. The third-order valence-corrected chi connectivity index (χ3v) is 1.28. The van der Waals surface area contributed by atoms with Crippen molar-refractivity contribution in [2.45, 2.75) is 0 Å². The summed E-state index contributed by atoms with van der Waals surface area (Å²) in [6.07, 6.45) is 0. The van der Waals surface area contributed by atoms with Crippen LogP contribution in [-0.2, 0) is 13.5 Å². The minimum absolute atomic E-state index is 0. The van der Waals surface area contributed by atoms with Gasteiger partial charge in [-0.1, -0.05) is 12.1 Å². The van der Waals surface area contributed by atoms with Crippen LogP contribution in [0.25, 0.3) is 0 Å². The van der Waals surface area contributed by atoms with Crippen molar-refractivity contribution in [3.63, 3.8) is 0 Å². The van der Waals surface area contributed by atoms with Crippen LogP contribution in [-0.4, -0.2) is 12.0 Å². The second-order valence-corrected chi connectivity index (χ2v) is 1.93. The molecule has 0 aliphatic heterocycles. The van der Waals surface area contributed by atoms with Crippen molar-refractivity contribution in [1.29, 1.82) is 0 Å². The maximum atomic E-state index is 10.3. The van der Waals surface area contributed by atoms with E-state index in [4.69, 9.17) is 4.74 Å². The van der Waals surface area contributed by atoms with Gasteiger partial charge in [-0.15, -0.1) is 0 Å². The van der Waals surface area contributed by atoms with Crippen molar-refractivity contribution >= 4 is 19.2 Å². The summed E-state index contributed by atoms with van der Waals surface area (Å²) in [6, 6.07) is 6.24. The first-order valence-corrected chi connectivity index (χ1v) is 3.03. The predicted molar refractivity (Wildman–Crippen MR) is 47.0 cm³/mol. The Balaban J connectivity index is -0.000000403. The molecule has 0 atom stereocenters. The number of para-hydroxylation sites is 2. The maximum absolute atomic E-state index is 10.3. The summed E-state index contributed by atoms with van der Waals surface area (Å²) in [6.45, 7) is 0. The number of nitro benzene ring substituents is 1. The summed E-state index contributed by atoms with van der Waals surface area (Å²) in [5, 5.41) is 10.3. The summed E-state index contributed by atoms with van der Waals surface area (Å²) in [5.74, 6) is 0.289. The number of hydrogen-bond donors (Lipinski definition) is 0. The minimum Gasteiger partial charge on any atom is -2.00 e. The van der Waals surface area contributed by atoms with Gasteiger partial charge in [-0.05, 0) is 6.07 Å². The molecule has 66 valence electrons. The van der Waals surface area contributed by atoms with E-state index in [0.29, 0.717) is 0 Å². The van der Waals surface area contributed by atoms with Gasteiger partial charge in [-0.2, -0.15) is 0 Å². The topological polar surface area (TPSA) is 52.4 Å². The first kappa shape index (κ1) is 20.2. The van der Waals surface area contributed by atoms with Crippen LogP contribution in [0.4, 0.5) is 5.69 Å². The van der Waals surface area contributed by atoms with Gasteiger partial charge >= 0.3 is 64.8 Å². The Morgan fingerprint density at radius 2 is 1.79 bits per heavy atom. The van der Waals surface area contributed by atoms with Crippen LogP contribution in [0.5, 0.6) is 5.75 Å². The molecule has 0 spiro atoms. The molecule has 0 aliphatic carbocycles. The molecule has 0 N–H and O–H groups in total. The van der Waals surface area contributed by atoms with Gasteiger partial charge in [-0.3, -0.25) is 10.1 Å². The number of nitro groups is 1. The molecular formula is C7H7NNa2O3S. The van der Waals surface area contributed by atoms with E-state index in [2.05, 4.69) is 0 Å². The summed E-state index contributed by atoms with van der Waals surface area (Å²) in [4.78, 5) is 9.83. The average molecular weight is 231 g/mol. The normalized spacial score (nSPS) is 7.21. The van der Waals surface area contributed by atoms with Gasteiger partial charge in [0.25, 0.3) is 0 Å². The molecule has 7 heteroatoms. The molecule has 0 heterocycles. The zero-order valence-electron chi connectivity index (χ0n) is 8.39. The molecule has 0 aromatic heterocycles. The Morgan fingerprint density at radius 3 is 2.14 bits per heavy atom. The molecule has 1 aromatic rings. The second-order valence-electron chi connectivity index (χ2n) is 1.93. The number of ether oxygens (including phenoxy) is 1. The minimum atomic E-state index is -0.473. The van der Waals surface area contributed by atoms with Crippen LogP contribution in [0.15, 0.2) is 24.3 Å². The van der Waals surface area contributed by atoms with E-state index >= 15 is 0 Å². The van der Waals surface area contributed by atoms with Crippen LogP contribution >= 0.6 is 0 Å². The van der Waals surface area contributed by atoms with Gasteiger partial charge in [0, 0.05) is 6.07 Å². The van der Waals surface area contributed by atoms with E-state index in [1.807, 2.05) is 0 Å². The SMILES string of the molecule is COc1ccccc1[N+](=O)[O-].[Na+].[Na+].[S-2]. The Morgan fingerprint density at radius 1 is 1.29 bits per heavy atom. The van der Waals surface area contributed by atoms with Crippen molar-refractivity contribution < 1.29 is 68.8 Å². The first-order chi connectivity index (χ1) is 5.25. The second kappa shape index (κ2) is 10.3. The number of nitrogens with zero attached hydrogens (tertiary/aromatic N) is 1. The van der Waals surface area contributed by atoms with Gasteiger partial charge in [-0.25, -0.2) is 0 Å². The standard InChI is InChI=1S/C7H7NO3.2Na.S/c1-11-7-5-3-2-4-6(7)8(9)10;;;/h2-5H,1H3;;;/q;2*+1;-2. The van der Waals surface area contributed by atoms with Crippen molar-refractivity contribution in [2.75, 3.05) is 7.11 Å². The molecule has 0 radical (unpaired) electrons. The largest absolute Gasteiger partial charge is 2.00 e. The van der Waals surface area contributed by atoms with Crippen molar-refractivity contribution in [3.05, 3.63) is 34.4 Å². The molecule has 0 unspecified atom stereocenters. The Bertz CT molecular complexity index is 285. The monoisotopic (exact) mass is 231 g/mol. The number of methoxy groups -OCH3 is 1. The Labute approximate surface area is 134 Å². The average Bonchev–Trinajstić information content (AvgIpc) is 2.04. The van der Waals surface area contributed by atoms with Gasteiger partial charge in [0.1, 0.15) is 0 Å². The number of benzene rings is 1. The molecule has 0 amide bonds. The molecule has 14 heavy (non-hydrogen) atoms. The summed E-state index contributed by atoms with van der Waals surface area (Å²) < 4.78 is 4.76. The molecule has 0 aliphatic rings. The van der Waals surface area contributed by atoms with Gasteiger partial charge < -0.3 is 18.2 Å². The fraction of sp³-hybridized carbons (Fsp3) is 0.143. The van der Waals surface area contributed by atoms with E-state index in [0.717, 1.165) is 0 Å². The smallest absolute Gasteiger partial charge is 1.00 e. The predicted octanol–water partition coefficient (Wildman–Crippen LogP) is -4.39. The van der Waals surface area contributed by atoms with E-state index in [1.54, 1.807) is 18.2 Å². The van der Waals surface area contributed by atoms with Crippen LogP contribution < -0.4 is 63.9 Å². The molecule has 0 bridgehead atoms. The van der Waals surface area contributed by atoms with E-state index in [-0.39, 0.29) is 84.0 Å². The van der Waals surface area contributed by atoms with E-state index in [9.17, 15) is 10.1 Å². The molecular weight excluding hydrogens is 224 g/mol. The quantitative estimate of drug-likeness (QED) is 0.293. The number of hydrogen-bond acceptors (Lipinski definition) is 3. The van der Waals surface area contributed by atoms with Crippen LogP contribution in [0.2, 0.25) is 0 Å². The fourth-order valence-corrected chi connectivity index (χ4v) is 0.781. The Kier molecular flexibility index (Phi) is 14.9. The maximum Gasteiger partial charge on any atom is 1.00 e. The Hall–Kier alpha value is 0.770. The summed E-state index contributed by atoms with van der Waals surface area (Å²) >= 11 is 0. The zero-order chi connectivity index (χ0) is 8.27. The molecule has 1 aromatic carbocycles. The van der Waals surface area contributed by atoms with Crippen molar-refractivity contribution in [2.24, 2.45) is 0 Å². The zero-order valence-corrected chi connectivity index (χ0v) is 13.2. The molecule has 4 nitrogen and oxygen atoms in total. The fourth-order valence-electron chi connectivity index (χ4n) is 0.781. The van der Waals surface area contributed by atoms with E-state index < -0.39 is 4.92 Å². The van der Waals surface area contributed by atoms with Crippen LogP contribution in [0.3, 0.4) is 0 Å². The molecule has 0 fully saturated rings. The first-order valence-electron chi connectivity index (χ1n) is 3.03. The van der Waals surface area contributed by atoms with Crippen molar-refractivity contribution in [1.82, 2.24) is 0 Å². The van der Waals surface area contributed by atoms with Crippen LogP contribution in [0.1, 0.15) is 0 Å². The van der Waals surface area contributed by atoms with Gasteiger partial charge in [0.15, 0.2) is 5.75 Å². The van der Waals surface area contributed by atoms with Gasteiger partial charge in [0.2, 0.25) is 0 Å². The summed E-state index contributed by atoms with van der Waals surface area (Å²) in [7, 11) is 1.41. The summed E-state index contributed by atoms with van der Waals surface area (Å²) in [5.41, 5.74) is -0.00463. The van der Waals surface area contributed by atoms with E-state index in [1.165, 1.54) is 13.2 Å². The van der Waals surface area contributed by atoms with Gasteiger partial charge in [0.05, 0.1) is 12.0 Å². The molecule has 1 rings (SSSR count).